The van der Waals surface area contributed by atoms with Crippen LogP contribution in [-0.2, 0) is 15.3 Å². The number of hydrogen-bond acceptors (Lipinski definition) is 3. The molecule has 2 heterocycles. The van der Waals surface area contributed by atoms with Crippen LogP contribution in [0, 0.1) is 0 Å². The number of ether oxygens (including phenoxy) is 2. The Morgan fingerprint density at radius 3 is 3.00 bits per heavy atom. The van der Waals surface area contributed by atoms with Crippen molar-refractivity contribution >= 4 is 15.9 Å². The maximum Gasteiger partial charge on any atom is 0.212 e. The van der Waals surface area contributed by atoms with Gasteiger partial charge in [0.05, 0.1) is 18.4 Å². The highest BCUT2D eigenvalue weighted by molar-refractivity contribution is 9.09. The van der Waals surface area contributed by atoms with Crippen molar-refractivity contribution in [3.8, 4) is 0 Å². The molecule has 2 unspecified atom stereocenters. The molecule has 1 fully saturated rings. The van der Waals surface area contributed by atoms with Crippen LogP contribution >= 0.6 is 15.9 Å². The minimum atomic E-state index is -0.639. The molecule has 0 bridgehead atoms. The minimum Gasteiger partial charge on any atom is -0.342 e. The molecule has 82 valence electrons. The Bertz CT molecular complexity index is 320. The number of pyridine rings is 1. The molecule has 0 saturated carbocycles. The summed E-state index contributed by atoms with van der Waals surface area (Å²) in [5, 5.41) is 0.793. The summed E-state index contributed by atoms with van der Waals surface area (Å²) in [6.07, 6.45) is 2.65. The van der Waals surface area contributed by atoms with E-state index < -0.39 is 5.79 Å². The molecule has 0 amide bonds. The molecule has 2 rings (SSSR count). The Morgan fingerprint density at radius 2 is 2.47 bits per heavy atom. The number of hydrogen-bond donors (Lipinski definition) is 0. The Hall–Kier alpha value is -0.450. The summed E-state index contributed by atoms with van der Waals surface area (Å²) in [5.41, 5.74) is 0.857. The van der Waals surface area contributed by atoms with Crippen molar-refractivity contribution in [2.75, 3.05) is 11.9 Å². The second kappa shape index (κ2) is 4.60. The van der Waals surface area contributed by atoms with E-state index in [0.717, 1.165) is 17.4 Å². The smallest absolute Gasteiger partial charge is 0.212 e. The first-order valence-corrected chi connectivity index (χ1v) is 6.22. The quantitative estimate of drug-likeness (QED) is 0.792. The fourth-order valence-electron chi connectivity index (χ4n) is 1.73. The first-order chi connectivity index (χ1) is 7.30. The lowest BCUT2D eigenvalue weighted by atomic mass is 10.1. The highest BCUT2D eigenvalue weighted by Gasteiger charge is 2.42. The lowest BCUT2D eigenvalue weighted by Crippen LogP contribution is -2.28. The zero-order valence-corrected chi connectivity index (χ0v) is 10.2. The zero-order chi connectivity index (χ0) is 10.7. The molecule has 4 heteroatoms. The van der Waals surface area contributed by atoms with E-state index in [1.807, 2.05) is 25.1 Å². The van der Waals surface area contributed by atoms with Gasteiger partial charge in [0.1, 0.15) is 0 Å². The van der Waals surface area contributed by atoms with Gasteiger partial charge in [0.15, 0.2) is 0 Å². The number of halogens is 1. The van der Waals surface area contributed by atoms with Gasteiger partial charge >= 0.3 is 0 Å². The zero-order valence-electron chi connectivity index (χ0n) is 8.65. The molecule has 0 aromatic carbocycles. The largest absolute Gasteiger partial charge is 0.342 e. The molecule has 1 aliphatic rings. The average molecular weight is 272 g/mol. The van der Waals surface area contributed by atoms with Crippen molar-refractivity contribution < 1.29 is 9.47 Å². The molecule has 1 aromatic rings. The highest BCUT2D eigenvalue weighted by Crippen LogP contribution is 2.36. The molecule has 0 N–H and O–H groups in total. The fourth-order valence-corrected chi connectivity index (χ4v) is 2.05. The van der Waals surface area contributed by atoms with Crippen LogP contribution in [0.3, 0.4) is 0 Å². The Labute approximate surface area is 97.9 Å². The first kappa shape index (κ1) is 11.0. The van der Waals surface area contributed by atoms with Crippen LogP contribution in [0.5, 0.6) is 0 Å². The number of aromatic nitrogens is 1. The van der Waals surface area contributed by atoms with E-state index in [2.05, 4.69) is 20.9 Å². The van der Waals surface area contributed by atoms with Crippen molar-refractivity contribution in [1.82, 2.24) is 4.98 Å². The molecule has 0 aliphatic carbocycles. The van der Waals surface area contributed by atoms with Crippen LogP contribution in [0.25, 0.3) is 0 Å². The van der Waals surface area contributed by atoms with Crippen LogP contribution in [0.15, 0.2) is 24.4 Å². The summed E-state index contributed by atoms with van der Waals surface area (Å²) < 4.78 is 11.7. The summed E-state index contributed by atoms with van der Waals surface area (Å²) in [6.45, 7) is 2.67. The van der Waals surface area contributed by atoms with Crippen molar-refractivity contribution in [3.05, 3.63) is 30.1 Å². The normalized spacial score (nSPS) is 30.7. The number of nitrogens with zero attached hydrogens (tertiary/aromatic N) is 1. The lowest BCUT2D eigenvalue weighted by molar-refractivity contribution is -0.179. The van der Waals surface area contributed by atoms with Crippen molar-refractivity contribution in [2.45, 2.75) is 25.2 Å². The summed E-state index contributed by atoms with van der Waals surface area (Å²) in [5.74, 6) is -0.639. The van der Waals surface area contributed by atoms with Crippen LogP contribution < -0.4 is 0 Å². The van der Waals surface area contributed by atoms with E-state index in [4.69, 9.17) is 9.47 Å². The van der Waals surface area contributed by atoms with Gasteiger partial charge in [-0.05, 0) is 12.1 Å². The highest BCUT2D eigenvalue weighted by atomic mass is 79.9. The third-order valence-electron chi connectivity index (χ3n) is 2.55. The van der Waals surface area contributed by atoms with E-state index in [0.29, 0.717) is 6.61 Å². The van der Waals surface area contributed by atoms with E-state index >= 15 is 0 Å². The molecule has 0 spiro atoms. The molecule has 3 nitrogen and oxygen atoms in total. The molecule has 2 atom stereocenters. The minimum absolute atomic E-state index is 0.118. The van der Waals surface area contributed by atoms with Crippen LogP contribution in [-0.4, -0.2) is 23.0 Å². The third kappa shape index (κ3) is 2.07. The standard InChI is InChI=1S/C11H14BrNO2/c1-2-11(10-5-3-4-6-13-10)14-8-9(7-12)15-11/h3-6,9H,2,7-8H2,1H3. The Kier molecular flexibility index (Phi) is 3.38. The lowest BCUT2D eigenvalue weighted by Gasteiger charge is -2.25. The van der Waals surface area contributed by atoms with Crippen LogP contribution in [0.4, 0.5) is 0 Å². The van der Waals surface area contributed by atoms with Gasteiger partial charge in [-0.2, -0.15) is 0 Å². The van der Waals surface area contributed by atoms with Gasteiger partial charge in [-0.15, -0.1) is 0 Å². The van der Waals surface area contributed by atoms with Crippen LogP contribution in [0.2, 0.25) is 0 Å². The molecule has 0 radical (unpaired) electrons. The van der Waals surface area contributed by atoms with E-state index in [1.54, 1.807) is 6.20 Å². The van der Waals surface area contributed by atoms with E-state index in [-0.39, 0.29) is 6.10 Å². The average Bonchev–Trinajstić information content (AvgIpc) is 2.75. The molecule has 15 heavy (non-hydrogen) atoms. The predicted octanol–water partition coefficient (Wildman–Crippen LogP) is 2.45. The van der Waals surface area contributed by atoms with E-state index in [9.17, 15) is 0 Å². The van der Waals surface area contributed by atoms with E-state index in [1.165, 1.54) is 0 Å². The van der Waals surface area contributed by atoms with Crippen molar-refractivity contribution in [3.63, 3.8) is 0 Å². The number of alkyl halides is 1. The van der Waals surface area contributed by atoms with Gasteiger partial charge in [0, 0.05) is 17.9 Å². The van der Waals surface area contributed by atoms with Crippen molar-refractivity contribution in [2.24, 2.45) is 0 Å². The summed E-state index contributed by atoms with van der Waals surface area (Å²) in [7, 11) is 0. The molecular weight excluding hydrogens is 258 g/mol. The summed E-state index contributed by atoms with van der Waals surface area (Å²) in [4.78, 5) is 4.31. The second-order valence-corrected chi connectivity index (χ2v) is 4.17. The topological polar surface area (TPSA) is 31.4 Å². The SMILES string of the molecule is CCC1(c2ccccn2)OCC(CBr)O1. The third-order valence-corrected chi connectivity index (χ3v) is 3.27. The summed E-state index contributed by atoms with van der Waals surface area (Å²) >= 11 is 3.40. The van der Waals surface area contributed by atoms with Crippen molar-refractivity contribution in [1.29, 1.82) is 0 Å². The van der Waals surface area contributed by atoms with Gasteiger partial charge in [-0.25, -0.2) is 0 Å². The second-order valence-electron chi connectivity index (χ2n) is 3.53. The molecular formula is C11H14BrNO2. The van der Waals surface area contributed by atoms with Crippen LogP contribution in [0.1, 0.15) is 19.0 Å². The summed E-state index contributed by atoms with van der Waals surface area (Å²) in [6, 6.07) is 5.79. The predicted molar refractivity (Wildman–Crippen MR) is 60.8 cm³/mol. The van der Waals surface area contributed by atoms with Gasteiger partial charge in [0.2, 0.25) is 5.79 Å². The molecule has 1 saturated heterocycles. The van der Waals surface area contributed by atoms with Gasteiger partial charge in [-0.1, -0.05) is 28.9 Å². The monoisotopic (exact) mass is 271 g/mol. The Balaban J connectivity index is 2.24. The van der Waals surface area contributed by atoms with Gasteiger partial charge in [-0.3, -0.25) is 4.98 Å². The first-order valence-electron chi connectivity index (χ1n) is 5.10. The molecule has 1 aromatic heterocycles. The number of rotatable bonds is 3. The maximum atomic E-state index is 5.90. The van der Waals surface area contributed by atoms with Gasteiger partial charge < -0.3 is 9.47 Å². The maximum absolute atomic E-state index is 5.90. The van der Waals surface area contributed by atoms with Gasteiger partial charge in [0.25, 0.3) is 0 Å². The Morgan fingerprint density at radius 1 is 1.60 bits per heavy atom. The molecule has 1 aliphatic heterocycles. The fraction of sp³-hybridized carbons (Fsp3) is 0.545.